The molecule has 1 aliphatic rings. The van der Waals surface area contributed by atoms with E-state index in [2.05, 4.69) is 5.32 Å². The summed E-state index contributed by atoms with van der Waals surface area (Å²) in [4.78, 5) is 25.5. The predicted octanol–water partition coefficient (Wildman–Crippen LogP) is -0.236. The largest absolute Gasteiger partial charge is 0.374 e. The Labute approximate surface area is 121 Å². The van der Waals surface area contributed by atoms with Gasteiger partial charge >= 0.3 is 0 Å². The van der Waals surface area contributed by atoms with Crippen LogP contribution in [-0.4, -0.2) is 61.0 Å². The third-order valence-corrected chi connectivity index (χ3v) is 3.55. The van der Waals surface area contributed by atoms with Gasteiger partial charge in [0.15, 0.2) is 5.78 Å². The number of nitrogens with zero attached hydrogens (tertiary/aromatic N) is 1. The van der Waals surface area contributed by atoms with E-state index in [0.29, 0.717) is 19.7 Å². The first-order valence-corrected chi connectivity index (χ1v) is 7.20. The van der Waals surface area contributed by atoms with Gasteiger partial charge in [-0.15, -0.1) is 0 Å². The summed E-state index contributed by atoms with van der Waals surface area (Å²) >= 11 is 0. The van der Waals surface area contributed by atoms with Crippen molar-refractivity contribution >= 4 is 11.7 Å². The highest BCUT2D eigenvalue weighted by atomic mass is 16.5. The SMILES string of the molecule is CC(=O)C(NC(=O)CN1CCOC(C(C)N)C1)C(C)C. The van der Waals surface area contributed by atoms with Crippen LogP contribution < -0.4 is 11.1 Å². The zero-order chi connectivity index (χ0) is 15.3. The number of hydrogen-bond donors (Lipinski definition) is 2. The summed E-state index contributed by atoms with van der Waals surface area (Å²) in [5.74, 6) is -0.0361. The van der Waals surface area contributed by atoms with Crippen LogP contribution in [0.3, 0.4) is 0 Å². The van der Waals surface area contributed by atoms with E-state index >= 15 is 0 Å². The second-order valence-corrected chi connectivity index (χ2v) is 5.90. The Kier molecular flexibility index (Phi) is 6.58. The number of rotatable bonds is 6. The van der Waals surface area contributed by atoms with Gasteiger partial charge in [-0.2, -0.15) is 0 Å². The molecule has 20 heavy (non-hydrogen) atoms. The van der Waals surface area contributed by atoms with Gasteiger partial charge in [-0.3, -0.25) is 14.5 Å². The molecule has 0 saturated carbocycles. The fourth-order valence-electron chi connectivity index (χ4n) is 2.35. The number of carbonyl (C=O) groups is 2. The molecule has 0 aromatic carbocycles. The smallest absolute Gasteiger partial charge is 0.234 e. The Morgan fingerprint density at radius 3 is 2.55 bits per heavy atom. The number of morpholine rings is 1. The van der Waals surface area contributed by atoms with E-state index in [1.807, 2.05) is 25.7 Å². The lowest BCUT2D eigenvalue weighted by Gasteiger charge is -2.34. The summed E-state index contributed by atoms with van der Waals surface area (Å²) in [7, 11) is 0. The van der Waals surface area contributed by atoms with Gasteiger partial charge in [-0.25, -0.2) is 0 Å². The van der Waals surface area contributed by atoms with Crippen LogP contribution in [0.5, 0.6) is 0 Å². The summed E-state index contributed by atoms with van der Waals surface area (Å²) in [6, 6.07) is -0.464. The lowest BCUT2D eigenvalue weighted by Crippen LogP contribution is -2.53. The van der Waals surface area contributed by atoms with Gasteiger partial charge in [-0.1, -0.05) is 13.8 Å². The van der Waals surface area contributed by atoms with Crippen molar-refractivity contribution in [3.8, 4) is 0 Å². The standard InChI is InChI=1S/C14H27N3O3/c1-9(2)14(11(4)18)16-13(19)8-17-5-6-20-12(7-17)10(3)15/h9-10,12,14H,5-8,15H2,1-4H3,(H,16,19). The van der Waals surface area contributed by atoms with Crippen molar-refractivity contribution in [3.63, 3.8) is 0 Å². The van der Waals surface area contributed by atoms with E-state index in [1.165, 1.54) is 6.92 Å². The van der Waals surface area contributed by atoms with Crippen LogP contribution in [-0.2, 0) is 14.3 Å². The zero-order valence-electron chi connectivity index (χ0n) is 12.9. The third-order valence-electron chi connectivity index (χ3n) is 3.55. The quantitative estimate of drug-likeness (QED) is 0.704. The Morgan fingerprint density at radius 2 is 2.05 bits per heavy atom. The molecule has 0 spiro atoms. The number of ketones is 1. The Bertz CT molecular complexity index is 345. The van der Waals surface area contributed by atoms with Crippen LogP contribution in [0.25, 0.3) is 0 Å². The van der Waals surface area contributed by atoms with Crippen molar-refractivity contribution in [2.75, 3.05) is 26.2 Å². The van der Waals surface area contributed by atoms with Crippen molar-refractivity contribution < 1.29 is 14.3 Å². The molecule has 1 fully saturated rings. The van der Waals surface area contributed by atoms with Crippen molar-refractivity contribution in [1.29, 1.82) is 0 Å². The molecule has 3 N–H and O–H groups in total. The van der Waals surface area contributed by atoms with Crippen LogP contribution in [0.15, 0.2) is 0 Å². The fraction of sp³-hybridized carbons (Fsp3) is 0.857. The molecule has 3 atom stereocenters. The van der Waals surface area contributed by atoms with Crippen LogP contribution in [0.1, 0.15) is 27.7 Å². The van der Waals surface area contributed by atoms with E-state index in [4.69, 9.17) is 10.5 Å². The molecule has 1 amide bonds. The highest BCUT2D eigenvalue weighted by Gasteiger charge is 2.26. The van der Waals surface area contributed by atoms with Crippen LogP contribution >= 0.6 is 0 Å². The van der Waals surface area contributed by atoms with Crippen molar-refractivity contribution in [2.45, 2.75) is 45.9 Å². The van der Waals surface area contributed by atoms with Crippen LogP contribution in [0.2, 0.25) is 0 Å². The number of ether oxygens (including phenoxy) is 1. The van der Waals surface area contributed by atoms with Gasteiger partial charge in [-0.05, 0) is 19.8 Å². The number of carbonyl (C=O) groups excluding carboxylic acids is 2. The second-order valence-electron chi connectivity index (χ2n) is 5.90. The lowest BCUT2D eigenvalue weighted by molar-refractivity contribution is -0.130. The number of amides is 1. The maximum atomic E-state index is 12.0. The maximum absolute atomic E-state index is 12.0. The lowest BCUT2D eigenvalue weighted by atomic mass is 10.0. The summed E-state index contributed by atoms with van der Waals surface area (Å²) in [6.45, 7) is 9.48. The molecule has 1 rings (SSSR count). The Balaban J connectivity index is 2.47. The molecule has 6 heteroatoms. The van der Waals surface area contributed by atoms with Gasteiger partial charge in [0.05, 0.1) is 25.3 Å². The van der Waals surface area contributed by atoms with E-state index in [9.17, 15) is 9.59 Å². The van der Waals surface area contributed by atoms with E-state index < -0.39 is 6.04 Å². The molecule has 116 valence electrons. The number of nitrogens with one attached hydrogen (secondary N) is 1. The summed E-state index contributed by atoms with van der Waals surface area (Å²) in [6.07, 6.45) is -0.0368. The first kappa shape index (κ1) is 17.1. The molecule has 0 aromatic rings. The fourth-order valence-corrected chi connectivity index (χ4v) is 2.35. The molecule has 1 heterocycles. The molecular weight excluding hydrogens is 258 g/mol. The summed E-state index contributed by atoms with van der Waals surface area (Å²) in [5.41, 5.74) is 5.82. The number of hydrogen-bond acceptors (Lipinski definition) is 5. The van der Waals surface area contributed by atoms with Gasteiger partial charge in [0.2, 0.25) is 5.91 Å². The zero-order valence-corrected chi connectivity index (χ0v) is 12.9. The van der Waals surface area contributed by atoms with Gasteiger partial charge in [0.25, 0.3) is 0 Å². The summed E-state index contributed by atoms with van der Waals surface area (Å²) < 4.78 is 5.56. The second kappa shape index (κ2) is 7.71. The first-order chi connectivity index (χ1) is 9.31. The molecule has 6 nitrogen and oxygen atoms in total. The minimum absolute atomic E-state index is 0.0104. The average Bonchev–Trinajstić information content (AvgIpc) is 2.35. The Morgan fingerprint density at radius 1 is 1.40 bits per heavy atom. The van der Waals surface area contributed by atoms with Crippen LogP contribution in [0.4, 0.5) is 0 Å². The van der Waals surface area contributed by atoms with Gasteiger partial charge < -0.3 is 15.8 Å². The van der Waals surface area contributed by atoms with Gasteiger partial charge in [0, 0.05) is 19.1 Å². The topological polar surface area (TPSA) is 84.7 Å². The first-order valence-electron chi connectivity index (χ1n) is 7.20. The molecule has 0 radical (unpaired) electrons. The van der Waals surface area contributed by atoms with Crippen molar-refractivity contribution in [2.24, 2.45) is 11.7 Å². The normalized spacial score (nSPS) is 23.4. The molecule has 1 saturated heterocycles. The molecular formula is C14H27N3O3. The minimum Gasteiger partial charge on any atom is -0.374 e. The average molecular weight is 285 g/mol. The third kappa shape index (κ3) is 5.19. The minimum atomic E-state index is -0.409. The Hall–Kier alpha value is -0.980. The van der Waals surface area contributed by atoms with Crippen molar-refractivity contribution in [1.82, 2.24) is 10.2 Å². The molecule has 0 aromatic heterocycles. The van der Waals surface area contributed by atoms with E-state index in [1.54, 1.807) is 0 Å². The molecule has 0 aliphatic carbocycles. The molecule has 3 unspecified atom stereocenters. The highest BCUT2D eigenvalue weighted by Crippen LogP contribution is 2.08. The monoisotopic (exact) mass is 285 g/mol. The molecule has 1 aliphatic heterocycles. The molecule has 0 bridgehead atoms. The van der Waals surface area contributed by atoms with Gasteiger partial charge in [0.1, 0.15) is 0 Å². The van der Waals surface area contributed by atoms with Crippen molar-refractivity contribution in [3.05, 3.63) is 0 Å². The number of Topliss-reactive ketones (excluding diaryl/α,β-unsaturated/α-hetero) is 1. The highest BCUT2D eigenvalue weighted by molar-refractivity contribution is 5.88. The van der Waals surface area contributed by atoms with E-state index in [-0.39, 0.29) is 36.3 Å². The maximum Gasteiger partial charge on any atom is 0.234 e. The predicted molar refractivity (Wildman–Crippen MR) is 77.3 cm³/mol. The van der Waals surface area contributed by atoms with Crippen LogP contribution in [0, 0.1) is 5.92 Å². The van der Waals surface area contributed by atoms with E-state index in [0.717, 1.165) is 0 Å². The number of nitrogens with two attached hydrogens (primary N) is 1. The summed E-state index contributed by atoms with van der Waals surface area (Å²) in [5, 5.41) is 2.81.